The van der Waals surface area contributed by atoms with Gasteiger partial charge in [0, 0.05) is 6.54 Å². The lowest BCUT2D eigenvalue weighted by molar-refractivity contribution is -0.0818. The second-order valence-electron chi connectivity index (χ2n) is 4.06. The van der Waals surface area contributed by atoms with E-state index in [0.717, 1.165) is 0 Å². The Morgan fingerprint density at radius 1 is 1.50 bits per heavy atom. The van der Waals surface area contributed by atoms with Crippen LogP contribution in [-0.2, 0) is 9.47 Å². The standard InChI is InChI=1S/C12H16N2O4/c13-10-5-8(12(15)16)1-2-11(10)14-6-9-7-17-3-4-18-9/h1-2,5,9,14H,3-4,6-7,13H2,(H,15,16). The van der Waals surface area contributed by atoms with Gasteiger partial charge < -0.3 is 25.6 Å². The van der Waals surface area contributed by atoms with E-state index in [1.165, 1.54) is 12.1 Å². The summed E-state index contributed by atoms with van der Waals surface area (Å²) in [5, 5.41) is 11.9. The zero-order valence-electron chi connectivity index (χ0n) is 9.89. The van der Waals surface area contributed by atoms with Gasteiger partial charge >= 0.3 is 5.97 Å². The predicted molar refractivity (Wildman–Crippen MR) is 66.9 cm³/mol. The summed E-state index contributed by atoms with van der Waals surface area (Å²) in [6.45, 7) is 2.36. The molecule has 1 unspecified atom stereocenters. The quantitative estimate of drug-likeness (QED) is 0.686. The molecule has 0 amide bonds. The second-order valence-corrected chi connectivity index (χ2v) is 4.06. The summed E-state index contributed by atoms with van der Waals surface area (Å²) in [6.07, 6.45) is -0.00250. The molecule has 4 N–H and O–H groups in total. The van der Waals surface area contributed by atoms with Gasteiger partial charge in [0.15, 0.2) is 0 Å². The molecule has 1 aromatic rings. The number of rotatable bonds is 4. The molecular weight excluding hydrogens is 236 g/mol. The maximum absolute atomic E-state index is 10.8. The molecule has 1 atom stereocenters. The fraction of sp³-hybridized carbons (Fsp3) is 0.417. The Kier molecular flexibility index (Phi) is 4.01. The maximum atomic E-state index is 10.8. The predicted octanol–water partition coefficient (Wildman–Crippen LogP) is 0.794. The van der Waals surface area contributed by atoms with Crippen LogP contribution in [0.3, 0.4) is 0 Å². The SMILES string of the molecule is Nc1cc(C(=O)O)ccc1NCC1COCCO1. The maximum Gasteiger partial charge on any atom is 0.335 e. The number of hydrogen-bond acceptors (Lipinski definition) is 5. The van der Waals surface area contributed by atoms with Crippen molar-refractivity contribution in [3.05, 3.63) is 23.8 Å². The van der Waals surface area contributed by atoms with E-state index in [0.29, 0.717) is 37.7 Å². The molecule has 6 heteroatoms. The molecule has 1 heterocycles. The van der Waals surface area contributed by atoms with E-state index in [2.05, 4.69) is 5.32 Å². The highest BCUT2D eigenvalue weighted by molar-refractivity contribution is 5.90. The Hall–Kier alpha value is -1.79. The van der Waals surface area contributed by atoms with Crippen molar-refractivity contribution in [1.82, 2.24) is 0 Å². The van der Waals surface area contributed by atoms with E-state index in [1.807, 2.05) is 0 Å². The average molecular weight is 252 g/mol. The van der Waals surface area contributed by atoms with Gasteiger partial charge in [-0.2, -0.15) is 0 Å². The van der Waals surface area contributed by atoms with Crippen LogP contribution in [0.4, 0.5) is 11.4 Å². The Bertz CT molecular complexity index is 430. The summed E-state index contributed by atoms with van der Waals surface area (Å²) in [7, 11) is 0. The van der Waals surface area contributed by atoms with Crippen molar-refractivity contribution in [1.29, 1.82) is 0 Å². The van der Waals surface area contributed by atoms with Crippen molar-refractivity contribution in [2.45, 2.75) is 6.10 Å². The van der Waals surface area contributed by atoms with Gasteiger partial charge in [-0.05, 0) is 18.2 Å². The van der Waals surface area contributed by atoms with Gasteiger partial charge in [0.25, 0.3) is 0 Å². The second kappa shape index (κ2) is 5.70. The zero-order valence-corrected chi connectivity index (χ0v) is 9.89. The Morgan fingerprint density at radius 3 is 2.94 bits per heavy atom. The number of benzene rings is 1. The molecule has 18 heavy (non-hydrogen) atoms. The lowest BCUT2D eigenvalue weighted by atomic mass is 10.1. The molecule has 0 bridgehead atoms. The summed E-state index contributed by atoms with van der Waals surface area (Å²) < 4.78 is 10.8. The fourth-order valence-electron chi connectivity index (χ4n) is 1.73. The number of carbonyl (C=O) groups is 1. The molecule has 0 aliphatic carbocycles. The van der Waals surface area contributed by atoms with Gasteiger partial charge in [0.1, 0.15) is 0 Å². The van der Waals surface area contributed by atoms with Crippen LogP contribution >= 0.6 is 0 Å². The van der Waals surface area contributed by atoms with Gasteiger partial charge in [-0.1, -0.05) is 0 Å². The molecule has 1 aliphatic heterocycles. The van der Waals surface area contributed by atoms with Crippen LogP contribution < -0.4 is 11.1 Å². The number of ether oxygens (including phenoxy) is 2. The molecule has 0 radical (unpaired) electrons. The first-order chi connectivity index (χ1) is 8.66. The van der Waals surface area contributed by atoms with E-state index in [4.69, 9.17) is 20.3 Å². The number of nitrogen functional groups attached to an aromatic ring is 1. The number of carboxylic acids is 1. The van der Waals surface area contributed by atoms with Gasteiger partial charge in [-0.25, -0.2) is 4.79 Å². The molecule has 1 fully saturated rings. The minimum Gasteiger partial charge on any atom is -0.478 e. The smallest absolute Gasteiger partial charge is 0.335 e. The number of aromatic carboxylic acids is 1. The topological polar surface area (TPSA) is 93.8 Å². The first-order valence-electron chi connectivity index (χ1n) is 5.73. The van der Waals surface area contributed by atoms with Gasteiger partial charge in [0.05, 0.1) is 42.9 Å². The third-order valence-corrected chi connectivity index (χ3v) is 2.70. The largest absolute Gasteiger partial charge is 0.478 e. The number of anilines is 2. The molecule has 2 rings (SSSR count). The van der Waals surface area contributed by atoms with Crippen LogP contribution in [0.15, 0.2) is 18.2 Å². The third kappa shape index (κ3) is 3.12. The van der Waals surface area contributed by atoms with Crippen LogP contribution in [0.2, 0.25) is 0 Å². The van der Waals surface area contributed by atoms with Gasteiger partial charge in [-0.15, -0.1) is 0 Å². The zero-order chi connectivity index (χ0) is 13.0. The normalized spacial score (nSPS) is 19.4. The van der Waals surface area contributed by atoms with Gasteiger partial charge in [0.2, 0.25) is 0 Å². The molecular formula is C12H16N2O4. The highest BCUT2D eigenvalue weighted by atomic mass is 16.6. The summed E-state index contributed by atoms with van der Waals surface area (Å²) in [5.74, 6) is -0.989. The van der Waals surface area contributed by atoms with Crippen LogP contribution in [0.25, 0.3) is 0 Å². The van der Waals surface area contributed by atoms with Crippen LogP contribution in [0.5, 0.6) is 0 Å². The first-order valence-corrected chi connectivity index (χ1v) is 5.73. The van der Waals surface area contributed by atoms with Crippen molar-refractivity contribution in [2.75, 3.05) is 37.4 Å². The fourth-order valence-corrected chi connectivity index (χ4v) is 1.73. The Balaban J connectivity index is 1.94. The molecule has 0 saturated carbocycles. The molecule has 1 aliphatic rings. The number of hydrogen-bond donors (Lipinski definition) is 3. The monoisotopic (exact) mass is 252 g/mol. The third-order valence-electron chi connectivity index (χ3n) is 2.70. The summed E-state index contributed by atoms with van der Waals surface area (Å²) in [5.41, 5.74) is 7.06. The highest BCUT2D eigenvalue weighted by Crippen LogP contribution is 2.20. The van der Waals surface area contributed by atoms with E-state index < -0.39 is 5.97 Å². The van der Waals surface area contributed by atoms with Crippen LogP contribution in [0, 0.1) is 0 Å². The Labute approximate surface area is 105 Å². The van der Waals surface area contributed by atoms with E-state index in [1.54, 1.807) is 6.07 Å². The molecule has 0 spiro atoms. The molecule has 1 saturated heterocycles. The summed E-state index contributed by atoms with van der Waals surface area (Å²) in [4.78, 5) is 10.8. The number of carboxylic acid groups (broad SMARTS) is 1. The lowest BCUT2D eigenvalue weighted by Gasteiger charge is -2.23. The number of nitrogens with one attached hydrogen (secondary N) is 1. The van der Waals surface area contributed by atoms with Crippen molar-refractivity contribution in [3.63, 3.8) is 0 Å². The minimum absolute atomic E-state index is 0.00250. The Morgan fingerprint density at radius 2 is 2.33 bits per heavy atom. The first kappa shape index (κ1) is 12.7. The molecule has 1 aromatic carbocycles. The lowest BCUT2D eigenvalue weighted by Crippen LogP contribution is -2.34. The van der Waals surface area contributed by atoms with E-state index in [9.17, 15) is 4.79 Å². The van der Waals surface area contributed by atoms with Crippen LogP contribution in [-0.4, -0.2) is 43.5 Å². The summed E-state index contributed by atoms with van der Waals surface area (Å²) >= 11 is 0. The average Bonchev–Trinajstić information content (AvgIpc) is 2.38. The molecule has 6 nitrogen and oxygen atoms in total. The van der Waals surface area contributed by atoms with Crippen molar-refractivity contribution < 1.29 is 19.4 Å². The molecule has 0 aromatic heterocycles. The summed E-state index contributed by atoms with van der Waals surface area (Å²) in [6, 6.07) is 4.60. The van der Waals surface area contributed by atoms with E-state index in [-0.39, 0.29) is 11.7 Å². The minimum atomic E-state index is -0.989. The van der Waals surface area contributed by atoms with Crippen molar-refractivity contribution >= 4 is 17.3 Å². The van der Waals surface area contributed by atoms with Gasteiger partial charge in [-0.3, -0.25) is 0 Å². The highest BCUT2D eigenvalue weighted by Gasteiger charge is 2.14. The van der Waals surface area contributed by atoms with E-state index >= 15 is 0 Å². The molecule has 98 valence electrons. The number of nitrogens with two attached hydrogens (primary N) is 1. The van der Waals surface area contributed by atoms with Crippen molar-refractivity contribution in [2.24, 2.45) is 0 Å². The van der Waals surface area contributed by atoms with Crippen LogP contribution in [0.1, 0.15) is 10.4 Å². The van der Waals surface area contributed by atoms with Crippen molar-refractivity contribution in [3.8, 4) is 0 Å².